The third kappa shape index (κ3) is 2.96. The van der Waals surface area contributed by atoms with Crippen molar-refractivity contribution in [1.82, 2.24) is 14.7 Å². The van der Waals surface area contributed by atoms with Gasteiger partial charge in [-0.1, -0.05) is 30.3 Å². The molecule has 0 spiro atoms. The normalized spacial score (nSPS) is 29.5. The van der Waals surface area contributed by atoms with Crippen molar-refractivity contribution in [2.24, 2.45) is 13.0 Å². The highest BCUT2D eigenvalue weighted by Crippen LogP contribution is 2.48. The number of rotatable bonds is 3. The lowest BCUT2D eigenvalue weighted by molar-refractivity contribution is -0.146. The first kappa shape index (κ1) is 15.4. The molecule has 4 rings (SSSR count). The van der Waals surface area contributed by atoms with E-state index in [9.17, 15) is 4.79 Å². The Morgan fingerprint density at radius 3 is 2.71 bits per heavy atom. The molecule has 2 aliphatic rings. The van der Waals surface area contributed by atoms with E-state index in [1.807, 2.05) is 49.5 Å². The van der Waals surface area contributed by atoms with E-state index >= 15 is 0 Å². The molecule has 1 amide bonds. The van der Waals surface area contributed by atoms with Gasteiger partial charge in [-0.15, -0.1) is 0 Å². The van der Waals surface area contributed by atoms with Crippen molar-refractivity contribution in [2.45, 2.75) is 31.5 Å². The largest absolute Gasteiger partial charge is 0.367 e. The van der Waals surface area contributed by atoms with Gasteiger partial charge in [0.05, 0.1) is 18.8 Å². The van der Waals surface area contributed by atoms with Gasteiger partial charge in [0.1, 0.15) is 6.10 Å². The Hall–Kier alpha value is -2.14. The van der Waals surface area contributed by atoms with Crippen LogP contribution in [0.1, 0.15) is 36.5 Å². The number of morpholine rings is 1. The van der Waals surface area contributed by atoms with E-state index in [1.54, 1.807) is 4.68 Å². The lowest BCUT2D eigenvalue weighted by atomic mass is 10.1. The maximum absolute atomic E-state index is 12.9. The number of carbonyl (C=O) groups excluding carboxylic acids is 1. The summed E-state index contributed by atoms with van der Waals surface area (Å²) in [4.78, 5) is 14.9. The summed E-state index contributed by atoms with van der Waals surface area (Å²) >= 11 is 0. The summed E-state index contributed by atoms with van der Waals surface area (Å²) in [6.07, 6.45) is 4.86. The summed E-state index contributed by atoms with van der Waals surface area (Å²) in [6.45, 7) is 3.36. The zero-order chi connectivity index (χ0) is 16.7. The van der Waals surface area contributed by atoms with Crippen molar-refractivity contribution in [3.05, 3.63) is 53.9 Å². The smallest absolute Gasteiger partial charge is 0.226 e. The predicted octanol–water partition coefficient (Wildman–Crippen LogP) is 2.51. The van der Waals surface area contributed by atoms with Crippen molar-refractivity contribution >= 4 is 5.91 Å². The maximum atomic E-state index is 12.9. The molecular weight excluding hydrogens is 302 g/mol. The topological polar surface area (TPSA) is 47.4 Å². The van der Waals surface area contributed by atoms with Crippen LogP contribution >= 0.6 is 0 Å². The standard InChI is InChI=1S/C19H23N3O2/c1-13-10-22(12-18(24-13)14-6-4-3-5-7-14)19(23)17-8-16(17)15-9-20-21(2)11-15/h3-7,9,11,13,16-18H,8,10,12H2,1-2H3. The molecule has 1 saturated carbocycles. The fraction of sp³-hybridized carbons (Fsp3) is 0.474. The van der Waals surface area contributed by atoms with Gasteiger partial charge in [0.15, 0.2) is 0 Å². The summed E-state index contributed by atoms with van der Waals surface area (Å²) in [7, 11) is 1.91. The van der Waals surface area contributed by atoms with Crippen LogP contribution < -0.4 is 0 Å². The van der Waals surface area contributed by atoms with E-state index in [2.05, 4.69) is 17.2 Å². The molecule has 0 radical (unpaired) electrons. The summed E-state index contributed by atoms with van der Waals surface area (Å²) in [6, 6.07) is 10.2. The Bertz CT molecular complexity index is 727. The summed E-state index contributed by atoms with van der Waals surface area (Å²) < 4.78 is 7.86. The summed E-state index contributed by atoms with van der Waals surface area (Å²) in [5.74, 6) is 0.704. The predicted molar refractivity (Wildman–Crippen MR) is 90.4 cm³/mol. The van der Waals surface area contributed by atoms with E-state index in [4.69, 9.17) is 4.74 Å². The Kier molecular flexibility index (Phi) is 3.88. The third-order valence-corrected chi connectivity index (χ3v) is 5.00. The Morgan fingerprint density at radius 1 is 1.21 bits per heavy atom. The number of benzene rings is 1. The highest BCUT2D eigenvalue weighted by atomic mass is 16.5. The van der Waals surface area contributed by atoms with E-state index in [-0.39, 0.29) is 24.0 Å². The zero-order valence-electron chi connectivity index (χ0n) is 14.1. The second kappa shape index (κ2) is 6.06. The molecule has 1 aromatic heterocycles. The molecular formula is C19H23N3O2. The SMILES string of the molecule is CC1CN(C(=O)C2CC2c2cnn(C)c2)CC(c2ccccc2)O1. The highest BCUT2D eigenvalue weighted by molar-refractivity contribution is 5.83. The van der Waals surface area contributed by atoms with Crippen LogP contribution in [0.15, 0.2) is 42.7 Å². The van der Waals surface area contributed by atoms with Gasteiger partial charge < -0.3 is 9.64 Å². The minimum absolute atomic E-state index is 0.0329. The van der Waals surface area contributed by atoms with Crippen LogP contribution in [0.5, 0.6) is 0 Å². The van der Waals surface area contributed by atoms with Crippen LogP contribution in [0.2, 0.25) is 0 Å². The molecule has 1 aromatic carbocycles. The fourth-order valence-corrected chi connectivity index (χ4v) is 3.69. The summed E-state index contributed by atoms with van der Waals surface area (Å²) in [5.41, 5.74) is 2.32. The fourth-order valence-electron chi connectivity index (χ4n) is 3.69. The van der Waals surface area contributed by atoms with Gasteiger partial charge in [0.25, 0.3) is 0 Å². The number of hydrogen-bond acceptors (Lipinski definition) is 3. The molecule has 2 heterocycles. The van der Waals surface area contributed by atoms with Crippen molar-refractivity contribution in [3.8, 4) is 0 Å². The van der Waals surface area contributed by atoms with E-state index in [0.717, 1.165) is 12.0 Å². The molecule has 1 aliphatic carbocycles. The average Bonchev–Trinajstić information content (AvgIpc) is 3.28. The second-order valence-corrected chi connectivity index (χ2v) is 6.99. The number of ether oxygens (including phenoxy) is 1. The number of aryl methyl sites for hydroxylation is 1. The molecule has 2 fully saturated rings. The summed E-state index contributed by atoms with van der Waals surface area (Å²) in [5, 5.41) is 4.22. The number of amides is 1. The first-order valence-electron chi connectivity index (χ1n) is 8.59. The van der Waals surface area contributed by atoms with Gasteiger partial charge in [0, 0.05) is 25.7 Å². The zero-order valence-corrected chi connectivity index (χ0v) is 14.1. The number of carbonyl (C=O) groups is 1. The van der Waals surface area contributed by atoms with Crippen LogP contribution in [0.25, 0.3) is 0 Å². The minimum Gasteiger partial charge on any atom is -0.367 e. The van der Waals surface area contributed by atoms with E-state index in [0.29, 0.717) is 19.0 Å². The van der Waals surface area contributed by atoms with Crippen LogP contribution in [0.3, 0.4) is 0 Å². The highest BCUT2D eigenvalue weighted by Gasteiger charge is 2.47. The van der Waals surface area contributed by atoms with Crippen LogP contribution in [-0.2, 0) is 16.6 Å². The quantitative estimate of drug-likeness (QED) is 0.871. The third-order valence-electron chi connectivity index (χ3n) is 5.00. The average molecular weight is 325 g/mol. The lowest BCUT2D eigenvalue weighted by Crippen LogP contribution is -2.46. The monoisotopic (exact) mass is 325 g/mol. The van der Waals surface area contributed by atoms with Gasteiger partial charge in [0.2, 0.25) is 5.91 Å². The van der Waals surface area contributed by atoms with Gasteiger partial charge in [-0.05, 0) is 30.4 Å². The molecule has 5 heteroatoms. The van der Waals surface area contributed by atoms with Crippen molar-refractivity contribution in [1.29, 1.82) is 0 Å². The van der Waals surface area contributed by atoms with Crippen molar-refractivity contribution in [3.63, 3.8) is 0 Å². The van der Waals surface area contributed by atoms with Crippen LogP contribution in [0.4, 0.5) is 0 Å². The lowest BCUT2D eigenvalue weighted by Gasteiger charge is -2.37. The van der Waals surface area contributed by atoms with Gasteiger partial charge >= 0.3 is 0 Å². The molecule has 24 heavy (non-hydrogen) atoms. The molecule has 5 nitrogen and oxygen atoms in total. The minimum atomic E-state index is -0.0329. The molecule has 4 atom stereocenters. The Morgan fingerprint density at radius 2 is 2.00 bits per heavy atom. The first-order chi connectivity index (χ1) is 11.6. The molecule has 2 aromatic rings. The van der Waals surface area contributed by atoms with Crippen molar-refractivity contribution < 1.29 is 9.53 Å². The van der Waals surface area contributed by atoms with Gasteiger partial charge in [-0.3, -0.25) is 9.48 Å². The van der Waals surface area contributed by atoms with Gasteiger partial charge in [-0.2, -0.15) is 5.10 Å². The molecule has 0 bridgehead atoms. The van der Waals surface area contributed by atoms with E-state index < -0.39 is 0 Å². The van der Waals surface area contributed by atoms with E-state index in [1.165, 1.54) is 5.56 Å². The Balaban J connectivity index is 1.45. The molecule has 1 saturated heterocycles. The second-order valence-electron chi connectivity index (χ2n) is 6.99. The maximum Gasteiger partial charge on any atom is 0.226 e. The van der Waals surface area contributed by atoms with Crippen LogP contribution in [0, 0.1) is 5.92 Å². The number of hydrogen-bond donors (Lipinski definition) is 0. The molecule has 0 N–H and O–H groups in total. The first-order valence-corrected chi connectivity index (χ1v) is 8.59. The molecule has 4 unspecified atom stereocenters. The van der Waals surface area contributed by atoms with Crippen molar-refractivity contribution in [2.75, 3.05) is 13.1 Å². The number of aromatic nitrogens is 2. The van der Waals surface area contributed by atoms with Gasteiger partial charge in [-0.25, -0.2) is 0 Å². The Labute approximate surface area is 142 Å². The van der Waals surface area contributed by atoms with Crippen LogP contribution in [-0.4, -0.2) is 39.8 Å². The number of nitrogens with zero attached hydrogens (tertiary/aromatic N) is 3. The molecule has 126 valence electrons. The molecule has 1 aliphatic heterocycles.